The molecule has 3 aromatic carbocycles. The Hall–Kier alpha value is -3.38. The van der Waals surface area contributed by atoms with Crippen molar-refractivity contribution in [1.29, 1.82) is 0 Å². The number of likely N-dealkylation sites (tertiary alicyclic amines) is 1. The van der Waals surface area contributed by atoms with Gasteiger partial charge < -0.3 is 24.8 Å². The van der Waals surface area contributed by atoms with Crippen LogP contribution in [-0.4, -0.2) is 41.7 Å². The number of rotatable bonds is 7. The molecule has 2 heterocycles. The quantitative estimate of drug-likeness (QED) is 0.200. The van der Waals surface area contributed by atoms with Crippen LogP contribution in [0.5, 0.6) is 0 Å². The predicted octanol–water partition coefficient (Wildman–Crippen LogP) is 6.16. The minimum atomic E-state index is -2.34. The molecule has 0 aliphatic carbocycles. The molecule has 6 nitrogen and oxygen atoms in total. The molecule has 3 atom stereocenters. The fourth-order valence-electron chi connectivity index (χ4n) is 5.18. The van der Waals surface area contributed by atoms with Crippen molar-refractivity contribution in [3.05, 3.63) is 99.9 Å². The van der Waals surface area contributed by atoms with E-state index >= 15 is 0 Å². The van der Waals surface area contributed by atoms with Crippen molar-refractivity contribution in [3.8, 4) is 0 Å². The average molecular weight is 577 g/mol. The highest BCUT2D eigenvalue weighted by Gasteiger charge is 2.34. The zero-order valence-corrected chi connectivity index (χ0v) is 22.0. The van der Waals surface area contributed by atoms with E-state index in [1.807, 2.05) is 24.3 Å². The number of carbonyl (C=O) groups excluding carboxylic acids is 1. The van der Waals surface area contributed by atoms with Gasteiger partial charge in [0.2, 0.25) is 5.82 Å². The van der Waals surface area contributed by atoms with Crippen molar-refractivity contribution in [1.82, 2.24) is 4.90 Å². The van der Waals surface area contributed by atoms with Crippen LogP contribution in [0, 0.1) is 29.1 Å². The molecule has 0 radical (unpaired) electrons. The van der Waals surface area contributed by atoms with E-state index in [4.69, 9.17) is 9.47 Å². The molecule has 1 amide bonds. The third kappa shape index (κ3) is 6.43. The number of carbonyl (C=O) groups is 1. The van der Waals surface area contributed by atoms with Crippen LogP contribution < -0.4 is 5.32 Å². The molecule has 0 bridgehead atoms. The van der Waals surface area contributed by atoms with Crippen molar-refractivity contribution in [2.45, 2.75) is 50.8 Å². The van der Waals surface area contributed by atoms with E-state index < -0.39 is 46.8 Å². The van der Waals surface area contributed by atoms with E-state index in [0.717, 1.165) is 43.6 Å². The number of halogens is 5. The van der Waals surface area contributed by atoms with E-state index in [2.05, 4.69) is 10.2 Å². The molecule has 0 spiro atoms. The standard InChI is InChI=1S/C30H29F5N2O4/c31-24-23(25(32)27(34)28(35)26(24)33)29(39)36-20-10-8-19(9-11-20)30-40-21(15-37-12-2-1-3-13-37)14-22(41-30)18-6-4-17(16-38)5-7-18/h4-11,21-22,30,38H,1-3,12-16H2,(H,36,39). The van der Waals surface area contributed by atoms with Gasteiger partial charge in [-0.2, -0.15) is 0 Å². The lowest BCUT2D eigenvalue weighted by Gasteiger charge is -2.39. The van der Waals surface area contributed by atoms with Gasteiger partial charge in [0.1, 0.15) is 5.56 Å². The maximum atomic E-state index is 14.1. The van der Waals surface area contributed by atoms with E-state index in [1.54, 1.807) is 12.1 Å². The topological polar surface area (TPSA) is 71.0 Å². The highest BCUT2D eigenvalue weighted by molar-refractivity contribution is 6.04. The Morgan fingerprint density at radius 3 is 2.00 bits per heavy atom. The number of ether oxygens (including phenoxy) is 2. The number of nitrogens with one attached hydrogen (secondary N) is 1. The molecule has 2 N–H and O–H groups in total. The van der Waals surface area contributed by atoms with Crippen LogP contribution in [0.1, 0.15) is 65.1 Å². The summed E-state index contributed by atoms with van der Waals surface area (Å²) >= 11 is 0. The number of amides is 1. The lowest BCUT2D eigenvalue weighted by molar-refractivity contribution is -0.253. The van der Waals surface area contributed by atoms with Gasteiger partial charge in [0.05, 0.1) is 18.8 Å². The zero-order chi connectivity index (χ0) is 29.1. The van der Waals surface area contributed by atoms with Gasteiger partial charge in [0, 0.05) is 24.2 Å². The molecule has 2 fully saturated rings. The molecule has 41 heavy (non-hydrogen) atoms. The molecular weight excluding hydrogens is 547 g/mol. The summed E-state index contributed by atoms with van der Waals surface area (Å²) in [6.07, 6.45) is 2.92. The number of hydrogen-bond donors (Lipinski definition) is 2. The second-order valence-electron chi connectivity index (χ2n) is 10.2. The first-order valence-corrected chi connectivity index (χ1v) is 13.4. The zero-order valence-electron chi connectivity index (χ0n) is 22.0. The normalized spacial score (nSPS) is 21.6. The summed E-state index contributed by atoms with van der Waals surface area (Å²) < 4.78 is 81.2. The maximum Gasteiger partial charge on any atom is 0.261 e. The number of anilines is 1. The molecule has 11 heteroatoms. The number of aliphatic hydroxyl groups excluding tert-OH is 1. The Labute approximate surface area is 233 Å². The minimum absolute atomic E-state index is 0.0671. The Morgan fingerprint density at radius 2 is 1.39 bits per heavy atom. The van der Waals surface area contributed by atoms with Crippen LogP contribution in [-0.2, 0) is 16.1 Å². The predicted molar refractivity (Wildman–Crippen MR) is 139 cm³/mol. The Kier molecular flexibility index (Phi) is 8.98. The van der Waals surface area contributed by atoms with E-state index in [9.17, 15) is 31.9 Å². The van der Waals surface area contributed by atoms with Gasteiger partial charge >= 0.3 is 0 Å². The number of piperidine rings is 1. The highest BCUT2D eigenvalue weighted by Crippen LogP contribution is 2.38. The van der Waals surface area contributed by atoms with Crippen molar-refractivity contribution < 1.29 is 41.3 Å². The maximum absolute atomic E-state index is 14.1. The van der Waals surface area contributed by atoms with Crippen LogP contribution >= 0.6 is 0 Å². The van der Waals surface area contributed by atoms with Crippen LogP contribution in [0.25, 0.3) is 0 Å². The highest BCUT2D eigenvalue weighted by atomic mass is 19.2. The summed E-state index contributed by atoms with van der Waals surface area (Å²) in [7, 11) is 0. The van der Waals surface area contributed by atoms with Crippen molar-refractivity contribution >= 4 is 11.6 Å². The molecule has 2 aliphatic heterocycles. The summed E-state index contributed by atoms with van der Waals surface area (Å²) in [4.78, 5) is 14.8. The first kappa shape index (κ1) is 29.1. The molecule has 0 saturated carbocycles. The Bertz CT molecular complexity index is 1350. The summed E-state index contributed by atoms with van der Waals surface area (Å²) in [5.41, 5.74) is 0.829. The summed E-state index contributed by atoms with van der Waals surface area (Å²) in [6, 6.07) is 13.5. The van der Waals surface area contributed by atoms with E-state index in [-0.39, 0.29) is 24.5 Å². The largest absolute Gasteiger partial charge is 0.392 e. The van der Waals surface area contributed by atoms with Gasteiger partial charge in [-0.05, 0) is 49.2 Å². The fraction of sp³-hybridized carbons (Fsp3) is 0.367. The van der Waals surface area contributed by atoms with Gasteiger partial charge in [-0.25, -0.2) is 22.0 Å². The van der Waals surface area contributed by atoms with Crippen molar-refractivity contribution in [3.63, 3.8) is 0 Å². The molecule has 3 unspecified atom stereocenters. The molecule has 2 saturated heterocycles. The molecule has 5 rings (SSSR count). The second-order valence-corrected chi connectivity index (χ2v) is 10.2. The Morgan fingerprint density at radius 1 is 0.805 bits per heavy atom. The Balaban J connectivity index is 1.33. The average Bonchev–Trinajstić information content (AvgIpc) is 3.00. The molecule has 218 valence electrons. The van der Waals surface area contributed by atoms with Gasteiger partial charge in [-0.1, -0.05) is 42.8 Å². The molecule has 0 aromatic heterocycles. The lowest BCUT2D eigenvalue weighted by Crippen LogP contribution is -2.41. The first-order valence-electron chi connectivity index (χ1n) is 13.4. The number of nitrogens with zero attached hydrogens (tertiary/aromatic N) is 1. The first-order chi connectivity index (χ1) is 19.7. The van der Waals surface area contributed by atoms with Gasteiger partial charge in [-0.15, -0.1) is 0 Å². The number of benzene rings is 3. The summed E-state index contributed by atoms with van der Waals surface area (Å²) in [5.74, 6) is -12.6. The monoisotopic (exact) mass is 576 g/mol. The SMILES string of the molecule is O=C(Nc1ccc(C2OC(CN3CCCCC3)CC(c3ccc(CO)cc3)O2)cc1)c1c(F)c(F)c(F)c(F)c1F. The number of aliphatic hydroxyl groups is 1. The summed E-state index contributed by atoms with van der Waals surface area (Å²) in [5, 5.41) is 11.6. The van der Waals surface area contributed by atoms with E-state index in [0.29, 0.717) is 12.0 Å². The molecule has 2 aliphatic rings. The second kappa shape index (κ2) is 12.6. The molecule has 3 aromatic rings. The fourth-order valence-corrected chi connectivity index (χ4v) is 5.18. The van der Waals surface area contributed by atoms with Crippen molar-refractivity contribution in [2.75, 3.05) is 25.0 Å². The van der Waals surface area contributed by atoms with Gasteiger partial charge in [-0.3, -0.25) is 4.79 Å². The van der Waals surface area contributed by atoms with Crippen LogP contribution in [0.15, 0.2) is 48.5 Å². The summed E-state index contributed by atoms with van der Waals surface area (Å²) in [6.45, 7) is 2.67. The van der Waals surface area contributed by atoms with Crippen LogP contribution in [0.4, 0.5) is 27.6 Å². The number of hydrogen-bond acceptors (Lipinski definition) is 5. The van der Waals surface area contributed by atoms with Crippen LogP contribution in [0.2, 0.25) is 0 Å². The third-order valence-corrected chi connectivity index (χ3v) is 7.40. The van der Waals surface area contributed by atoms with Crippen molar-refractivity contribution in [2.24, 2.45) is 0 Å². The smallest absolute Gasteiger partial charge is 0.261 e. The minimum Gasteiger partial charge on any atom is -0.392 e. The third-order valence-electron chi connectivity index (χ3n) is 7.40. The molecular formula is C30H29F5N2O4. The van der Waals surface area contributed by atoms with Crippen LogP contribution in [0.3, 0.4) is 0 Å². The van der Waals surface area contributed by atoms with Gasteiger partial charge in [0.15, 0.2) is 29.6 Å². The lowest BCUT2D eigenvalue weighted by atomic mass is 9.99. The van der Waals surface area contributed by atoms with Gasteiger partial charge in [0.25, 0.3) is 5.91 Å². The van der Waals surface area contributed by atoms with E-state index in [1.165, 1.54) is 18.6 Å².